The van der Waals surface area contributed by atoms with Crippen LogP contribution < -0.4 is 10.9 Å². The van der Waals surface area contributed by atoms with Gasteiger partial charge in [0.05, 0.1) is 55.3 Å². The first-order valence-electron chi connectivity index (χ1n) is 12.9. The highest BCUT2D eigenvalue weighted by molar-refractivity contribution is 5.75. The summed E-state index contributed by atoms with van der Waals surface area (Å²) in [5, 5.41) is 19.3. The van der Waals surface area contributed by atoms with Gasteiger partial charge in [0.1, 0.15) is 11.7 Å². The van der Waals surface area contributed by atoms with Gasteiger partial charge < -0.3 is 25.0 Å². The summed E-state index contributed by atoms with van der Waals surface area (Å²) in [5.41, 5.74) is 0.612. The number of hydrogen-bond acceptors (Lipinski definition) is 9. The van der Waals surface area contributed by atoms with Crippen molar-refractivity contribution < 1.29 is 14.6 Å². The molecule has 38 heavy (non-hydrogen) atoms. The van der Waals surface area contributed by atoms with Crippen molar-refractivity contribution >= 4 is 22.8 Å². The van der Waals surface area contributed by atoms with Crippen molar-refractivity contribution in [3.05, 3.63) is 41.3 Å². The lowest BCUT2D eigenvalue weighted by Crippen LogP contribution is -2.51. The Morgan fingerprint density at radius 3 is 2.66 bits per heavy atom. The number of anilines is 1. The van der Waals surface area contributed by atoms with Gasteiger partial charge >= 0.3 is 6.03 Å². The summed E-state index contributed by atoms with van der Waals surface area (Å²) in [4.78, 5) is 39.9. The Morgan fingerprint density at radius 2 is 1.92 bits per heavy atom. The predicted molar refractivity (Wildman–Crippen MR) is 142 cm³/mol. The molecule has 0 spiro atoms. The standard InChI is InChI=1S/C25H35N9O4/c1-30(2)24(36)32-6-3-25(37,4-7-32)17-33-18-28-22-21(23(33)35)16-29-34(22)20-13-19(14-26-15-20)27-5-8-31-9-11-38-12-10-31/h13-16,18,27,37H,3-12,17H2,1-2H3. The molecular formula is C25H35N9O4. The van der Waals surface area contributed by atoms with Crippen molar-refractivity contribution in [1.29, 1.82) is 0 Å². The number of pyridine rings is 1. The van der Waals surface area contributed by atoms with Crippen molar-refractivity contribution in [3.8, 4) is 5.69 Å². The third-order valence-electron chi connectivity index (χ3n) is 7.20. The van der Waals surface area contributed by atoms with Crippen molar-refractivity contribution in [1.82, 2.24) is 39.0 Å². The molecule has 0 aromatic carbocycles. The Labute approximate surface area is 220 Å². The first-order valence-corrected chi connectivity index (χ1v) is 12.9. The number of ether oxygens (including phenoxy) is 1. The summed E-state index contributed by atoms with van der Waals surface area (Å²) in [6.07, 6.45) is 7.16. The highest BCUT2D eigenvalue weighted by atomic mass is 16.5. The molecule has 13 heteroatoms. The zero-order valence-electron chi connectivity index (χ0n) is 21.9. The van der Waals surface area contributed by atoms with Crippen LogP contribution in [0.25, 0.3) is 16.7 Å². The third kappa shape index (κ3) is 5.64. The second kappa shape index (κ2) is 11.1. The fourth-order valence-electron chi connectivity index (χ4n) is 4.95. The Bertz CT molecular complexity index is 1320. The average Bonchev–Trinajstić information content (AvgIpc) is 3.36. The molecule has 0 atom stereocenters. The van der Waals surface area contributed by atoms with E-state index in [0.717, 1.165) is 45.1 Å². The number of carbonyl (C=O) groups is 1. The van der Waals surface area contributed by atoms with E-state index in [4.69, 9.17) is 4.74 Å². The number of rotatable bonds is 7. The number of amides is 2. The molecule has 2 aliphatic heterocycles. The molecule has 2 aliphatic rings. The van der Waals surface area contributed by atoms with Gasteiger partial charge in [-0.3, -0.25) is 19.2 Å². The largest absolute Gasteiger partial charge is 0.388 e. The van der Waals surface area contributed by atoms with Gasteiger partial charge in [-0.25, -0.2) is 14.5 Å². The molecule has 0 aliphatic carbocycles. The molecule has 5 heterocycles. The van der Waals surface area contributed by atoms with Crippen LogP contribution in [0.15, 0.2) is 35.8 Å². The van der Waals surface area contributed by atoms with Crippen LogP contribution in [0.3, 0.4) is 0 Å². The van der Waals surface area contributed by atoms with Gasteiger partial charge in [0, 0.05) is 53.4 Å². The van der Waals surface area contributed by atoms with Gasteiger partial charge in [0.15, 0.2) is 5.65 Å². The summed E-state index contributed by atoms with van der Waals surface area (Å²) in [5.74, 6) is 0. The second-order valence-corrected chi connectivity index (χ2v) is 10.2. The molecule has 5 rings (SSSR count). The molecule has 0 radical (unpaired) electrons. The van der Waals surface area contributed by atoms with E-state index < -0.39 is 5.60 Å². The molecule has 0 unspecified atom stereocenters. The summed E-state index contributed by atoms with van der Waals surface area (Å²) in [6.45, 7) is 6.07. The molecular weight excluding hydrogens is 490 g/mol. The fourth-order valence-corrected chi connectivity index (χ4v) is 4.95. The summed E-state index contributed by atoms with van der Waals surface area (Å²) < 4.78 is 8.42. The monoisotopic (exact) mass is 525 g/mol. The minimum atomic E-state index is -1.09. The minimum Gasteiger partial charge on any atom is -0.388 e. The molecule has 204 valence electrons. The number of likely N-dealkylation sites (tertiary alicyclic amines) is 1. The number of morpholine rings is 1. The quantitative estimate of drug-likeness (QED) is 0.445. The minimum absolute atomic E-state index is 0.0782. The van der Waals surface area contributed by atoms with Crippen molar-refractivity contribution in [2.75, 3.05) is 71.9 Å². The van der Waals surface area contributed by atoms with Crippen molar-refractivity contribution in [2.45, 2.75) is 25.0 Å². The van der Waals surface area contributed by atoms with E-state index >= 15 is 0 Å². The first-order chi connectivity index (χ1) is 18.3. The molecule has 3 aromatic rings. The van der Waals surface area contributed by atoms with E-state index in [1.54, 1.807) is 36.1 Å². The number of aliphatic hydroxyl groups is 1. The SMILES string of the molecule is CN(C)C(=O)N1CCC(O)(Cn2cnc3c(cnn3-c3cncc(NCCN4CCOCC4)c3)c2=O)CC1. The highest BCUT2D eigenvalue weighted by Gasteiger charge is 2.35. The molecule has 2 N–H and O–H groups in total. The molecule has 0 bridgehead atoms. The van der Waals surface area contributed by atoms with Gasteiger partial charge in [-0.15, -0.1) is 0 Å². The van der Waals surface area contributed by atoms with Crippen LogP contribution in [-0.4, -0.2) is 122 Å². The topological polar surface area (TPSA) is 134 Å². The molecule has 2 amide bonds. The summed E-state index contributed by atoms with van der Waals surface area (Å²) in [7, 11) is 3.42. The number of nitrogens with one attached hydrogen (secondary N) is 1. The lowest BCUT2D eigenvalue weighted by Gasteiger charge is -2.39. The number of hydrogen-bond donors (Lipinski definition) is 2. The number of fused-ring (bicyclic) bond motifs is 1. The predicted octanol–water partition coefficient (Wildman–Crippen LogP) is 0.230. The Morgan fingerprint density at radius 1 is 1.16 bits per heavy atom. The van der Waals surface area contributed by atoms with Crippen LogP contribution in [0.4, 0.5) is 10.5 Å². The van der Waals surface area contributed by atoms with Gasteiger partial charge in [-0.1, -0.05) is 0 Å². The molecule has 2 saturated heterocycles. The van der Waals surface area contributed by atoms with E-state index in [0.29, 0.717) is 42.7 Å². The number of nitrogens with zero attached hydrogens (tertiary/aromatic N) is 8. The molecule has 3 aromatic heterocycles. The van der Waals surface area contributed by atoms with E-state index in [2.05, 4.69) is 25.3 Å². The van der Waals surface area contributed by atoms with Crippen LogP contribution in [0, 0.1) is 0 Å². The van der Waals surface area contributed by atoms with E-state index in [9.17, 15) is 14.7 Å². The normalized spacial score (nSPS) is 18.0. The number of carbonyl (C=O) groups excluding carboxylic acids is 1. The van der Waals surface area contributed by atoms with Crippen molar-refractivity contribution in [2.24, 2.45) is 0 Å². The molecule has 13 nitrogen and oxygen atoms in total. The van der Waals surface area contributed by atoms with Crippen LogP contribution in [0.1, 0.15) is 12.8 Å². The maximum atomic E-state index is 13.3. The van der Waals surface area contributed by atoms with Gasteiger partial charge in [0.25, 0.3) is 5.56 Å². The summed E-state index contributed by atoms with van der Waals surface area (Å²) >= 11 is 0. The van der Waals surface area contributed by atoms with Gasteiger partial charge in [-0.2, -0.15) is 5.10 Å². The van der Waals surface area contributed by atoms with E-state index in [1.807, 2.05) is 6.07 Å². The maximum Gasteiger partial charge on any atom is 0.319 e. The Balaban J connectivity index is 1.27. The Kier molecular flexibility index (Phi) is 7.58. The zero-order valence-corrected chi connectivity index (χ0v) is 21.9. The lowest BCUT2D eigenvalue weighted by molar-refractivity contribution is -0.0282. The van der Waals surface area contributed by atoms with Crippen LogP contribution in [0.2, 0.25) is 0 Å². The number of piperidine rings is 1. The maximum absolute atomic E-state index is 13.3. The van der Waals surface area contributed by atoms with Crippen LogP contribution >= 0.6 is 0 Å². The smallest absolute Gasteiger partial charge is 0.319 e. The second-order valence-electron chi connectivity index (χ2n) is 10.2. The van der Waals surface area contributed by atoms with Crippen LogP contribution in [-0.2, 0) is 11.3 Å². The number of urea groups is 1. The lowest BCUT2D eigenvalue weighted by atomic mass is 9.91. The molecule has 2 fully saturated rings. The summed E-state index contributed by atoms with van der Waals surface area (Å²) in [6, 6.07) is 1.85. The van der Waals surface area contributed by atoms with E-state index in [1.165, 1.54) is 22.0 Å². The zero-order chi connectivity index (χ0) is 26.7. The van der Waals surface area contributed by atoms with Crippen LogP contribution in [0.5, 0.6) is 0 Å². The average molecular weight is 526 g/mol. The Hall–Kier alpha value is -3.55. The fraction of sp³-hybridized carbons (Fsp3) is 0.560. The number of aromatic nitrogens is 5. The van der Waals surface area contributed by atoms with E-state index in [-0.39, 0.29) is 18.1 Å². The van der Waals surface area contributed by atoms with Gasteiger partial charge in [-0.05, 0) is 18.9 Å². The third-order valence-corrected chi connectivity index (χ3v) is 7.20. The first kappa shape index (κ1) is 26.1. The van der Waals surface area contributed by atoms with Crippen molar-refractivity contribution in [3.63, 3.8) is 0 Å². The highest BCUT2D eigenvalue weighted by Crippen LogP contribution is 2.25. The molecule has 0 saturated carbocycles. The van der Waals surface area contributed by atoms with Gasteiger partial charge in [0.2, 0.25) is 0 Å².